The van der Waals surface area contributed by atoms with Crippen LogP contribution in [0.15, 0.2) is 76.3 Å². The van der Waals surface area contributed by atoms with Gasteiger partial charge in [0.05, 0.1) is 16.8 Å². The number of nitro benzene ring substituents is 1. The van der Waals surface area contributed by atoms with Gasteiger partial charge in [-0.1, -0.05) is 45.7 Å². The SMILES string of the molecule is O=[N+]([O-])c1ccc(N/N=C/c2cc(Br)ccc2OCc2ccccc2Cl)cc1. The zero-order chi connectivity index (χ0) is 19.9. The number of nitrogens with one attached hydrogen (secondary N) is 1. The van der Waals surface area contributed by atoms with Crippen molar-refractivity contribution in [2.45, 2.75) is 6.61 Å². The Morgan fingerprint density at radius 1 is 1.14 bits per heavy atom. The van der Waals surface area contributed by atoms with Crippen molar-refractivity contribution in [1.82, 2.24) is 0 Å². The number of nitrogens with zero attached hydrogens (tertiary/aromatic N) is 2. The maximum absolute atomic E-state index is 10.7. The Balaban J connectivity index is 1.70. The van der Waals surface area contributed by atoms with Crippen molar-refractivity contribution in [3.63, 3.8) is 0 Å². The third kappa shape index (κ3) is 5.31. The molecule has 0 unspecified atom stereocenters. The molecule has 0 spiro atoms. The van der Waals surface area contributed by atoms with Gasteiger partial charge in [-0.3, -0.25) is 15.5 Å². The highest BCUT2D eigenvalue weighted by atomic mass is 79.9. The molecule has 0 amide bonds. The number of nitro groups is 1. The molecule has 0 heterocycles. The number of hydrogen-bond donors (Lipinski definition) is 1. The van der Waals surface area contributed by atoms with E-state index in [1.807, 2.05) is 42.5 Å². The fourth-order valence-corrected chi connectivity index (χ4v) is 2.93. The number of anilines is 1. The zero-order valence-electron chi connectivity index (χ0n) is 14.5. The van der Waals surface area contributed by atoms with Crippen LogP contribution in [0.25, 0.3) is 0 Å². The highest BCUT2D eigenvalue weighted by Gasteiger charge is 2.06. The second-order valence-electron chi connectivity index (χ2n) is 5.74. The number of rotatable bonds is 7. The predicted octanol–water partition coefficient (Wildman–Crippen LogP) is 6.04. The largest absolute Gasteiger partial charge is 0.488 e. The maximum Gasteiger partial charge on any atom is 0.269 e. The van der Waals surface area contributed by atoms with Crippen LogP contribution in [0.3, 0.4) is 0 Å². The Hall–Kier alpha value is -2.90. The third-order valence-electron chi connectivity index (χ3n) is 3.79. The summed E-state index contributed by atoms with van der Waals surface area (Å²) in [7, 11) is 0. The molecule has 0 atom stereocenters. The molecule has 28 heavy (non-hydrogen) atoms. The smallest absolute Gasteiger partial charge is 0.269 e. The zero-order valence-corrected chi connectivity index (χ0v) is 16.9. The molecule has 8 heteroatoms. The highest BCUT2D eigenvalue weighted by molar-refractivity contribution is 9.10. The Morgan fingerprint density at radius 2 is 1.89 bits per heavy atom. The summed E-state index contributed by atoms with van der Waals surface area (Å²) in [6.07, 6.45) is 1.62. The van der Waals surface area contributed by atoms with Crippen molar-refractivity contribution >= 4 is 45.1 Å². The Labute approximate surface area is 175 Å². The molecular weight excluding hydrogens is 446 g/mol. The van der Waals surface area contributed by atoms with Crippen LogP contribution >= 0.6 is 27.5 Å². The summed E-state index contributed by atoms with van der Waals surface area (Å²) in [6.45, 7) is 0.331. The van der Waals surface area contributed by atoms with Crippen LogP contribution in [0.4, 0.5) is 11.4 Å². The molecule has 0 bridgehead atoms. The van der Waals surface area contributed by atoms with Gasteiger partial charge in [0.1, 0.15) is 12.4 Å². The van der Waals surface area contributed by atoms with Gasteiger partial charge in [-0.05, 0) is 36.4 Å². The van der Waals surface area contributed by atoms with Crippen molar-refractivity contribution in [3.05, 3.63) is 97.5 Å². The van der Waals surface area contributed by atoms with E-state index < -0.39 is 4.92 Å². The van der Waals surface area contributed by atoms with E-state index in [-0.39, 0.29) is 5.69 Å². The molecule has 1 N–H and O–H groups in total. The summed E-state index contributed by atoms with van der Waals surface area (Å²) in [5.74, 6) is 0.650. The third-order valence-corrected chi connectivity index (χ3v) is 4.65. The van der Waals surface area contributed by atoms with Gasteiger partial charge in [-0.2, -0.15) is 5.10 Å². The molecule has 3 aromatic rings. The standard InChI is InChI=1S/C20H15BrClN3O3/c21-16-5-10-20(28-13-14-3-1-2-4-19(14)22)15(11-16)12-23-24-17-6-8-18(9-7-17)25(26)27/h1-12,24H,13H2/b23-12+. The molecule has 0 saturated carbocycles. The summed E-state index contributed by atoms with van der Waals surface area (Å²) in [5.41, 5.74) is 5.15. The minimum atomic E-state index is -0.447. The number of halogens is 2. The van der Waals surface area contributed by atoms with Gasteiger partial charge in [0.25, 0.3) is 5.69 Å². The minimum Gasteiger partial charge on any atom is -0.488 e. The first-order chi connectivity index (χ1) is 13.5. The molecule has 6 nitrogen and oxygen atoms in total. The van der Waals surface area contributed by atoms with Crippen LogP contribution in [0.2, 0.25) is 5.02 Å². The van der Waals surface area contributed by atoms with E-state index in [1.54, 1.807) is 18.3 Å². The summed E-state index contributed by atoms with van der Waals surface area (Å²) >= 11 is 9.61. The molecule has 0 aliphatic carbocycles. The summed E-state index contributed by atoms with van der Waals surface area (Å²) in [6, 6.07) is 19.1. The van der Waals surface area contributed by atoms with Gasteiger partial charge in [0.2, 0.25) is 0 Å². The first-order valence-electron chi connectivity index (χ1n) is 8.22. The number of non-ortho nitro benzene ring substituents is 1. The molecule has 0 aliphatic rings. The van der Waals surface area contributed by atoms with Gasteiger partial charge in [0.15, 0.2) is 0 Å². The van der Waals surface area contributed by atoms with Crippen molar-refractivity contribution in [1.29, 1.82) is 0 Å². The van der Waals surface area contributed by atoms with Gasteiger partial charge in [0, 0.05) is 32.8 Å². The van der Waals surface area contributed by atoms with Crippen LogP contribution in [0.5, 0.6) is 5.75 Å². The Morgan fingerprint density at radius 3 is 2.61 bits per heavy atom. The first-order valence-corrected chi connectivity index (χ1v) is 9.39. The van der Waals surface area contributed by atoms with Gasteiger partial charge < -0.3 is 4.74 Å². The van der Waals surface area contributed by atoms with Gasteiger partial charge in [-0.25, -0.2) is 0 Å². The summed E-state index contributed by atoms with van der Waals surface area (Å²) in [4.78, 5) is 10.2. The minimum absolute atomic E-state index is 0.0248. The van der Waals surface area contributed by atoms with Crippen molar-refractivity contribution in [2.24, 2.45) is 5.10 Å². The van der Waals surface area contributed by atoms with Crippen molar-refractivity contribution in [2.75, 3.05) is 5.43 Å². The molecule has 0 fully saturated rings. The van der Waals surface area contributed by atoms with Crippen LogP contribution in [0.1, 0.15) is 11.1 Å². The quantitative estimate of drug-likeness (QED) is 0.265. The fourth-order valence-electron chi connectivity index (χ4n) is 2.36. The molecule has 0 radical (unpaired) electrons. The lowest BCUT2D eigenvalue weighted by Gasteiger charge is -2.10. The average molecular weight is 461 g/mol. The van der Waals surface area contributed by atoms with Crippen LogP contribution < -0.4 is 10.2 Å². The number of ether oxygens (including phenoxy) is 1. The van der Waals surface area contributed by atoms with E-state index in [4.69, 9.17) is 16.3 Å². The Bertz CT molecular complexity index is 1010. The first kappa shape index (κ1) is 19.9. The highest BCUT2D eigenvalue weighted by Crippen LogP contribution is 2.24. The van der Waals surface area contributed by atoms with E-state index in [1.165, 1.54) is 12.1 Å². The van der Waals surface area contributed by atoms with E-state index in [2.05, 4.69) is 26.5 Å². The summed E-state index contributed by atoms with van der Waals surface area (Å²) in [5, 5.41) is 15.5. The van der Waals surface area contributed by atoms with Crippen LogP contribution in [0, 0.1) is 10.1 Å². The fraction of sp³-hybridized carbons (Fsp3) is 0.0500. The van der Waals surface area contributed by atoms with E-state index in [0.29, 0.717) is 23.1 Å². The van der Waals surface area contributed by atoms with Crippen molar-refractivity contribution in [3.8, 4) is 5.75 Å². The van der Waals surface area contributed by atoms with Crippen LogP contribution in [-0.4, -0.2) is 11.1 Å². The van der Waals surface area contributed by atoms with Gasteiger partial charge >= 0.3 is 0 Å². The molecule has 3 aromatic carbocycles. The topological polar surface area (TPSA) is 76.8 Å². The predicted molar refractivity (Wildman–Crippen MR) is 114 cm³/mol. The summed E-state index contributed by atoms with van der Waals surface area (Å²) < 4.78 is 6.79. The maximum atomic E-state index is 10.7. The van der Waals surface area contributed by atoms with Gasteiger partial charge in [-0.15, -0.1) is 0 Å². The number of benzene rings is 3. The monoisotopic (exact) mass is 459 g/mol. The molecule has 142 valence electrons. The lowest BCUT2D eigenvalue weighted by molar-refractivity contribution is -0.384. The lowest BCUT2D eigenvalue weighted by Crippen LogP contribution is -2.00. The van der Waals surface area contributed by atoms with E-state index >= 15 is 0 Å². The average Bonchev–Trinajstić information content (AvgIpc) is 2.69. The number of hydrazone groups is 1. The van der Waals surface area contributed by atoms with Crippen LogP contribution in [-0.2, 0) is 6.61 Å². The lowest BCUT2D eigenvalue weighted by atomic mass is 10.2. The molecule has 0 saturated heterocycles. The van der Waals surface area contributed by atoms with E-state index in [0.717, 1.165) is 15.6 Å². The van der Waals surface area contributed by atoms with E-state index in [9.17, 15) is 10.1 Å². The molecule has 0 aromatic heterocycles. The second-order valence-corrected chi connectivity index (χ2v) is 7.06. The molecule has 0 aliphatic heterocycles. The second kappa shape index (κ2) is 9.34. The molecular formula is C20H15BrClN3O3. The normalized spacial score (nSPS) is 10.8. The Kier molecular flexibility index (Phi) is 6.62. The number of hydrogen-bond acceptors (Lipinski definition) is 5. The molecule has 3 rings (SSSR count). The van der Waals surface area contributed by atoms with Crippen molar-refractivity contribution < 1.29 is 9.66 Å².